The molecular formula is C52H32N2. The molecule has 11 aromatic rings. The van der Waals surface area contributed by atoms with E-state index in [2.05, 4.69) is 182 Å². The van der Waals surface area contributed by atoms with Gasteiger partial charge in [-0.3, -0.25) is 4.98 Å². The molecular weight excluding hydrogens is 653 g/mol. The van der Waals surface area contributed by atoms with E-state index in [9.17, 15) is 0 Å². The molecule has 250 valence electrons. The average Bonchev–Trinajstić information content (AvgIpc) is 3.25. The summed E-state index contributed by atoms with van der Waals surface area (Å²) in [6.45, 7) is 0. The Morgan fingerprint density at radius 2 is 0.889 bits per heavy atom. The third kappa shape index (κ3) is 4.67. The lowest BCUT2D eigenvalue weighted by Crippen LogP contribution is -1.93. The summed E-state index contributed by atoms with van der Waals surface area (Å²) >= 11 is 0. The van der Waals surface area contributed by atoms with Crippen molar-refractivity contribution in [3.05, 3.63) is 194 Å². The molecule has 0 aliphatic heterocycles. The van der Waals surface area contributed by atoms with Crippen molar-refractivity contribution in [2.75, 3.05) is 0 Å². The molecule has 54 heavy (non-hydrogen) atoms. The summed E-state index contributed by atoms with van der Waals surface area (Å²) in [7, 11) is 0. The maximum Gasteiger partial charge on any atom is 0.0788 e. The van der Waals surface area contributed by atoms with Crippen LogP contribution in [-0.2, 0) is 0 Å². The van der Waals surface area contributed by atoms with Crippen LogP contribution in [0.2, 0.25) is 0 Å². The number of rotatable bonds is 4. The van der Waals surface area contributed by atoms with Crippen molar-refractivity contribution < 1.29 is 0 Å². The van der Waals surface area contributed by atoms with E-state index < -0.39 is 0 Å². The quantitative estimate of drug-likeness (QED) is 0.136. The lowest BCUT2D eigenvalue weighted by atomic mass is 9.84. The van der Waals surface area contributed by atoms with Crippen molar-refractivity contribution in [2.24, 2.45) is 0 Å². The van der Waals surface area contributed by atoms with E-state index in [1.54, 1.807) is 0 Å². The highest BCUT2D eigenvalue weighted by Gasteiger charge is 2.20. The number of fused-ring (bicyclic) bond motifs is 8. The molecule has 0 aliphatic carbocycles. The summed E-state index contributed by atoms with van der Waals surface area (Å²) in [5, 5.41) is 12.2. The molecule has 2 nitrogen and oxygen atoms in total. The molecule has 0 N–H and O–H groups in total. The molecule has 0 fully saturated rings. The third-order valence-corrected chi connectivity index (χ3v) is 11.1. The van der Waals surface area contributed by atoms with Gasteiger partial charge in [-0.15, -0.1) is 0 Å². The van der Waals surface area contributed by atoms with Crippen molar-refractivity contribution in [1.29, 1.82) is 0 Å². The van der Waals surface area contributed by atoms with E-state index in [1.165, 1.54) is 65.3 Å². The van der Waals surface area contributed by atoms with E-state index in [0.717, 1.165) is 44.2 Å². The summed E-state index contributed by atoms with van der Waals surface area (Å²) in [5.41, 5.74) is 11.4. The smallest absolute Gasteiger partial charge is 0.0788 e. The summed E-state index contributed by atoms with van der Waals surface area (Å²) in [4.78, 5) is 9.94. The molecule has 0 amide bonds. The number of hydrogen-bond donors (Lipinski definition) is 0. The van der Waals surface area contributed by atoms with Crippen LogP contribution in [-0.4, -0.2) is 9.97 Å². The van der Waals surface area contributed by atoms with E-state index >= 15 is 0 Å². The van der Waals surface area contributed by atoms with Gasteiger partial charge in [-0.1, -0.05) is 176 Å². The van der Waals surface area contributed by atoms with Gasteiger partial charge in [0.2, 0.25) is 0 Å². The second-order valence-electron chi connectivity index (χ2n) is 14.0. The molecule has 0 spiro atoms. The zero-order valence-electron chi connectivity index (χ0n) is 29.4. The zero-order valence-corrected chi connectivity index (χ0v) is 29.4. The van der Waals surface area contributed by atoms with Crippen LogP contribution in [0.4, 0.5) is 0 Å². The highest BCUT2D eigenvalue weighted by Crippen LogP contribution is 2.47. The molecule has 9 aromatic carbocycles. The van der Waals surface area contributed by atoms with Gasteiger partial charge in [0.05, 0.1) is 16.7 Å². The Bertz CT molecular complexity index is 3190. The zero-order chi connectivity index (χ0) is 35.6. The lowest BCUT2D eigenvalue weighted by molar-refractivity contribution is 1.41. The molecule has 11 rings (SSSR count). The number of hydrogen-bond acceptors (Lipinski definition) is 2. The molecule has 0 saturated carbocycles. The van der Waals surface area contributed by atoms with E-state index in [4.69, 9.17) is 9.97 Å². The van der Waals surface area contributed by atoms with Gasteiger partial charge in [0.1, 0.15) is 0 Å². The predicted molar refractivity (Wildman–Crippen MR) is 229 cm³/mol. The van der Waals surface area contributed by atoms with Crippen molar-refractivity contribution in [1.82, 2.24) is 9.97 Å². The van der Waals surface area contributed by atoms with E-state index in [0.29, 0.717) is 0 Å². The minimum Gasteiger partial charge on any atom is -0.256 e. The van der Waals surface area contributed by atoms with Crippen LogP contribution in [0.15, 0.2) is 194 Å². The molecule has 2 heterocycles. The van der Waals surface area contributed by atoms with Gasteiger partial charge in [0, 0.05) is 38.9 Å². The van der Waals surface area contributed by atoms with Crippen LogP contribution in [0.3, 0.4) is 0 Å². The Morgan fingerprint density at radius 3 is 1.65 bits per heavy atom. The first kappa shape index (κ1) is 30.5. The van der Waals surface area contributed by atoms with Gasteiger partial charge >= 0.3 is 0 Å². The molecule has 0 radical (unpaired) electrons. The van der Waals surface area contributed by atoms with Gasteiger partial charge in [-0.25, -0.2) is 4.98 Å². The van der Waals surface area contributed by atoms with E-state index in [1.807, 2.05) is 12.3 Å². The maximum atomic E-state index is 5.21. The SMILES string of the molecule is c1ccc(-c2nc3ccccc3c3c2ccc2c(-c4c5ccccc5c(-c5ccc(-c6cccc7cccnc67)cc5)c5ccccc45)cccc23)cc1. The highest BCUT2D eigenvalue weighted by atomic mass is 14.7. The van der Waals surface area contributed by atoms with Crippen molar-refractivity contribution in [3.8, 4) is 44.6 Å². The maximum absolute atomic E-state index is 5.21. The summed E-state index contributed by atoms with van der Waals surface area (Å²) in [6.07, 6.45) is 1.87. The van der Waals surface area contributed by atoms with Gasteiger partial charge in [-0.2, -0.15) is 0 Å². The minimum absolute atomic E-state index is 1.00. The van der Waals surface area contributed by atoms with Crippen LogP contribution < -0.4 is 0 Å². The second kappa shape index (κ2) is 12.2. The first-order valence-corrected chi connectivity index (χ1v) is 18.5. The number of pyridine rings is 2. The largest absolute Gasteiger partial charge is 0.256 e. The fraction of sp³-hybridized carbons (Fsp3) is 0. The average molecular weight is 685 g/mol. The molecule has 2 heteroatoms. The molecule has 0 unspecified atom stereocenters. The van der Waals surface area contributed by atoms with Crippen LogP contribution >= 0.6 is 0 Å². The molecule has 0 saturated heterocycles. The first-order chi connectivity index (χ1) is 26.8. The summed E-state index contributed by atoms with van der Waals surface area (Å²) in [6, 6.07) is 68.0. The van der Waals surface area contributed by atoms with Crippen molar-refractivity contribution in [2.45, 2.75) is 0 Å². The number of aromatic nitrogens is 2. The Labute approximate surface area is 312 Å². The first-order valence-electron chi connectivity index (χ1n) is 18.5. The highest BCUT2D eigenvalue weighted by molar-refractivity contribution is 6.28. The topological polar surface area (TPSA) is 25.8 Å². The number of para-hydroxylation sites is 2. The normalized spacial score (nSPS) is 11.7. The minimum atomic E-state index is 1.00. The Hall–Kier alpha value is -7.16. The fourth-order valence-electron chi connectivity index (χ4n) is 8.73. The van der Waals surface area contributed by atoms with Crippen molar-refractivity contribution >= 4 is 64.9 Å². The lowest BCUT2D eigenvalue weighted by Gasteiger charge is -2.20. The number of nitrogens with zero attached hydrogens (tertiary/aromatic N) is 2. The van der Waals surface area contributed by atoms with Crippen LogP contribution in [0.5, 0.6) is 0 Å². The van der Waals surface area contributed by atoms with Crippen molar-refractivity contribution in [3.63, 3.8) is 0 Å². The van der Waals surface area contributed by atoms with Crippen LogP contribution in [0, 0.1) is 0 Å². The van der Waals surface area contributed by atoms with Crippen LogP contribution in [0.1, 0.15) is 0 Å². The Kier molecular flexibility index (Phi) is 6.90. The number of benzene rings is 9. The predicted octanol–water partition coefficient (Wildman–Crippen LogP) is 14.1. The summed E-state index contributed by atoms with van der Waals surface area (Å²) < 4.78 is 0. The van der Waals surface area contributed by atoms with Gasteiger partial charge in [0.25, 0.3) is 0 Å². The fourth-order valence-corrected chi connectivity index (χ4v) is 8.73. The molecule has 0 bridgehead atoms. The second-order valence-corrected chi connectivity index (χ2v) is 14.0. The molecule has 0 aliphatic rings. The Morgan fingerprint density at radius 1 is 0.315 bits per heavy atom. The molecule has 2 aromatic heterocycles. The monoisotopic (exact) mass is 684 g/mol. The Balaban J connectivity index is 1.16. The summed E-state index contributed by atoms with van der Waals surface area (Å²) in [5.74, 6) is 0. The standard InChI is InChI=1S/C52H32N2/c1-2-13-36(14-3-1)52-46-31-30-38-39(23-11-24-40(38)50(46)45-21-8-9-25-47(45)54-52)49-43-19-6-4-17-41(43)48(42-18-5-7-20-44(42)49)34-28-26-33(27-29-34)37-22-10-15-35-16-12-32-53-51(35)37/h1-32H. The van der Waals surface area contributed by atoms with Crippen LogP contribution in [0.25, 0.3) is 110 Å². The molecule has 0 atom stereocenters. The van der Waals surface area contributed by atoms with Gasteiger partial charge < -0.3 is 0 Å². The van der Waals surface area contributed by atoms with E-state index in [-0.39, 0.29) is 0 Å². The van der Waals surface area contributed by atoms with Gasteiger partial charge in [-0.05, 0) is 72.3 Å². The third-order valence-electron chi connectivity index (χ3n) is 11.1. The van der Waals surface area contributed by atoms with Gasteiger partial charge in [0.15, 0.2) is 0 Å².